The second-order valence-electron chi connectivity index (χ2n) is 4.45. The first-order valence-electron chi connectivity index (χ1n) is 6.30. The molecule has 0 unspecified atom stereocenters. The molecule has 130 valence electrons. The van der Waals surface area contributed by atoms with Gasteiger partial charge in [-0.25, -0.2) is 22.7 Å². The molecule has 1 atom stereocenters. The zero-order chi connectivity index (χ0) is 16.9. The first kappa shape index (κ1) is 21.3. The monoisotopic (exact) mass is 366 g/mol. The minimum Gasteiger partial charge on any atom is -0.465 e. The Morgan fingerprint density at radius 3 is 2.26 bits per heavy atom. The van der Waals surface area contributed by atoms with Crippen LogP contribution in [0.2, 0.25) is 0 Å². The van der Waals surface area contributed by atoms with E-state index < -0.39 is 28.0 Å². The van der Waals surface area contributed by atoms with Gasteiger partial charge in [0, 0.05) is 12.6 Å². The Balaban J connectivity index is 0.00000484. The summed E-state index contributed by atoms with van der Waals surface area (Å²) >= 11 is 0. The van der Waals surface area contributed by atoms with Gasteiger partial charge in [-0.15, -0.1) is 12.4 Å². The maximum Gasteiger partial charge on any atom is 0.339 e. The van der Waals surface area contributed by atoms with Gasteiger partial charge in [-0.2, -0.15) is 0 Å². The van der Waals surface area contributed by atoms with Crippen LogP contribution in [0.5, 0.6) is 0 Å². The van der Waals surface area contributed by atoms with Gasteiger partial charge in [-0.05, 0) is 25.1 Å². The Morgan fingerprint density at radius 1 is 1.22 bits per heavy atom. The van der Waals surface area contributed by atoms with Gasteiger partial charge in [0.2, 0.25) is 10.0 Å². The molecule has 0 saturated carbocycles. The molecule has 1 rings (SSSR count). The van der Waals surface area contributed by atoms with Crippen LogP contribution in [0, 0.1) is 0 Å². The summed E-state index contributed by atoms with van der Waals surface area (Å²) in [4.78, 5) is 22.9. The fourth-order valence-corrected chi connectivity index (χ4v) is 3.12. The van der Waals surface area contributed by atoms with E-state index in [4.69, 9.17) is 5.73 Å². The molecule has 0 amide bonds. The van der Waals surface area contributed by atoms with Crippen molar-refractivity contribution in [2.45, 2.75) is 17.9 Å². The maximum absolute atomic E-state index is 12.4. The van der Waals surface area contributed by atoms with Crippen molar-refractivity contribution < 1.29 is 27.5 Å². The third-order valence-electron chi connectivity index (χ3n) is 2.81. The molecule has 10 heteroatoms. The molecule has 0 saturated heterocycles. The van der Waals surface area contributed by atoms with Crippen molar-refractivity contribution >= 4 is 34.4 Å². The van der Waals surface area contributed by atoms with E-state index in [0.29, 0.717) is 0 Å². The second kappa shape index (κ2) is 8.82. The molecule has 0 aliphatic rings. The molecule has 0 bridgehead atoms. The van der Waals surface area contributed by atoms with Gasteiger partial charge in [0.25, 0.3) is 0 Å². The number of nitrogens with two attached hydrogens (primary N) is 1. The highest BCUT2D eigenvalue weighted by atomic mass is 35.5. The number of carbonyl (C=O) groups excluding carboxylic acids is 2. The molecular formula is C13H19ClN2O6S. The first-order valence-corrected chi connectivity index (χ1v) is 7.78. The highest BCUT2D eigenvalue weighted by Gasteiger charge is 2.26. The summed E-state index contributed by atoms with van der Waals surface area (Å²) in [6.45, 7) is 1.64. The molecule has 23 heavy (non-hydrogen) atoms. The number of carbonyl (C=O) groups is 2. The van der Waals surface area contributed by atoms with Crippen LogP contribution < -0.4 is 10.5 Å². The summed E-state index contributed by atoms with van der Waals surface area (Å²) in [6, 6.07) is 2.99. The van der Waals surface area contributed by atoms with Gasteiger partial charge in [0.15, 0.2) is 0 Å². The van der Waals surface area contributed by atoms with Crippen molar-refractivity contribution in [2.24, 2.45) is 5.73 Å². The topological polar surface area (TPSA) is 125 Å². The highest BCUT2D eigenvalue weighted by molar-refractivity contribution is 7.89. The Kier molecular flexibility index (Phi) is 8.18. The maximum atomic E-state index is 12.4. The quantitative estimate of drug-likeness (QED) is 0.694. The van der Waals surface area contributed by atoms with Crippen LogP contribution in [-0.4, -0.2) is 47.2 Å². The van der Waals surface area contributed by atoms with E-state index >= 15 is 0 Å². The van der Waals surface area contributed by atoms with Crippen molar-refractivity contribution in [3.05, 3.63) is 29.3 Å². The minimum absolute atomic E-state index is 0. The Labute approximate surface area is 140 Å². The van der Waals surface area contributed by atoms with Gasteiger partial charge in [0.05, 0.1) is 30.2 Å². The highest BCUT2D eigenvalue weighted by Crippen LogP contribution is 2.20. The first-order chi connectivity index (χ1) is 10.3. The van der Waals surface area contributed by atoms with Gasteiger partial charge in [-0.1, -0.05) is 0 Å². The summed E-state index contributed by atoms with van der Waals surface area (Å²) in [5.74, 6) is -1.56. The van der Waals surface area contributed by atoms with E-state index in [0.717, 1.165) is 13.2 Å². The van der Waals surface area contributed by atoms with E-state index in [1.165, 1.54) is 19.2 Å². The van der Waals surface area contributed by atoms with Crippen LogP contribution in [0.4, 0.5) is 0 Å². The summed E-state index contributed by atoms with van der Waals surface area (Å²) in [5, 5.41) is 0. The van der Waals surface area contributed by atoms with Crippen LogP contribution >= 0.6 is 12.4 Å². The minimum atomic E-state index is -4.06. The van der Waals surface area contributed by atoms with Crippen LogP contribution in [0.15, 0.2) is 23.1 Å². The molecule has 0 spiro atoms. The number of hydrogen-bond acceptors (Lipinski definition) is 7. The Hall–Kier alpha value is -1.68. The molecule has 0 aromatic heterocycles. The largest absolute Gasteiger partial charge is 0.465 e. The molecule has 8 nitrogen and oxygen atoms in total. The molecule has 0 fully saturated rings. The van der Waals surface area contributed by atoms with E-state index in [-0.39, 0.29) is 35.0 Å². The third kappa shape index (κ3) is 5.17. The lowest BCUT2D eigenvalue weighted by Crippen LogP contribution is -2.38. The van der Waals surface area contributed by atoms with Crippen molar-refractivity contribution in [1.82, 2.24) is 4.72 Å². The van der Waals surface area contributed by atoms with Gasteiger partial charge in [0.1, 0.15) is 0 Å². The number of halogens is 1. The number of ether oxygens (including phenoxy) is 2. The predicted octanol–water partition coefficient (Wildman–Crippen LogP) is 0.307. The average molecular weight is 367 g/mol. The van der Waals surface area contributed by atoms with E-state index in [1.807, 2.05) is 0 Å². The smallest absolute Gasteiger partial charge is 0.339 e. The van der Waals surface area contributed by atoms with Crippen molar-refractivity contribution in [3.8, 4) is 0 Å². The number of esters is 2. The summed E-state index contributed by atoms with van der Waals surface area (Å²) in [6.07, 6.45) is 0. The SMILES string of the molecule is COC(=O)c1ccc(C(=O)OC)c(S(=O)(=O)N[C@@H](C)CN)c1.Cl. The molecule has 1 aromatic carbocycles. The molecule has 0 radical (unpaired) electrons. The molecular weight excluding hydrogens is 348 g/mol. The third-order valence-corrected chi connectivity index (χ3v) is 4.44. The normalized spacial score (nSPS) is 12.0. The van der Waals surface area contributed by atoms with E-state index in [2.05, 4.69) is 14.2 Å². The lowest BCUT2D eigenvalue weighted by Gasteiger charge is -2.15. The molecule has 1 aromatic rings. The number of rotatable bonds is 6. The number of nitrogens with one attached hydrogen (secondary N) is 1. The number of methoxy groups -OCH3 is 2. The number of benzene rings is 1. The van der Waals surface area contributed by atoms with E-state index in [1.54, 1.807) is 6.92 Å². The second-order valence-corrected chi connectivity index (χ2v) is 6.13. The number of hydrogen-bond donors (Lipinski definition) is 2. The van der Waals surface area contributed by atoms with Crippen LogP contribution in [-0.2, 0) is 19.5 Å². The lowest BCUT2D eigenvalue weighted by molar-refractivity contribution is 0.0583. The van der Waals surface area contributed by atoms with Crippen LogP contribution in [0.25, 0.3) is 0 Å². The zero-order valence-corrected chi connectivity index (χ0v) is 14.5. The number of sulfonamides is 1. The summed E-state index contributed by atoms with van der Waals surface area (Å²) in [5.41, 5.74) is 5.20. The summed E-state index contributed by atoms with van der Waals surface area (Å²) < 4.78 is 36.2. The van der Waals surface area contributed by atoms with Crippen LogP contribution in [0.3, 0.4) is 0 Å². The van der Waals surface area contributed by atoms with Crippen molar-refractivity contribution in [2.75, 3.05) is 20.8 Å². The Morgan fingerprint density at radius 2 is 1.78 bits per heavy atom. The molecule has 0 heterocycles. The standard InChI is InChI=1S/C13H18N2O6S.ClH/c1-8(7-14)15-22(18,19)11-6-9(12(16)20-2)4-5-10(11)13(17)21-3;/h4-6,8,15H,7,14H2,1-3H3;1H/t8-;/m0./s1. The van der Waals surface area contributed by atoms with E-state index in [9.17, 15) is 18.0 Å². The van der Waals surface area contributed by atoms with Gasteiger partial charge < -0.3 is 15.2 Å². The lowest BCUT2D eigenvalue weighted by atomic mass is 10.1. The van der Waals surface area contributed by atoms with Gasteiger partial charge in [-0.3, -0.25) is 0 Å². The molecule has 0 aliphatic carbocycles. The van der Waals surface area contributed by atoms with Gasteiger partial charge >= 0.3 is 11.9 Å². The molecule has 3 N–H and O–H groups in total. The fourth-order valence-electron chi connectivity index (χ4n) is 1.64. The zero-order valence-electron chi connectivity index (χ0n) is 12.9. The van der Waals surface area contributed by atoms with Crippen LogP contribution in [0.1, 0.15) is 27.6 Å². The summed E-state index contributed by atoms with van der Waals surface area (Å²) in [7, 11) is -1.77. The van der Waals surface area contributed by atoms with Crippen molar-refractivity contribution in [1.29, 1.82) is 0 Å². The Bertz CT molecular complexity index is 677. The predicted molar refractivity (Wildman–Crippen MR) is 85.2 cm³/mol. The van der Waals surface area contributed by atoms with Crippen molar-refractivity contribution in [3.63, 3.8) is 0 Å². The molecule has 0 aliphatic heterocycles. The average Bonchev–Trinajstić information content (AvgIpc) is 2.52. The fraction of sp³-hybridized carbons (Fsp3) is 0.385.